The Hall–Kier alpha value is -2.53. The smallest absolute Gasteiger partial charge is 0.145 e. The van der Waals surface area contributed by atoms with E-state index in [0.717, 1.165) is 33.2 Å². The second-order valence-electron chi connectivity index (χ2n) is 4.85. The van der Waals surface area contributed by atoms with Crippen LogP contribution in [0.2, 0.25) is 0 Å². The lowest BCUT2D eigenvalue weighted by molar-refractivity contribution is 0.311. The van der Waals surface area contributed by atoms with Crippen molar-refractivity contribution in [1.29, 1.82) is 0 Å². The second-order valence-corrected chi connectivity index (χ2v) is 4.85. The number of para-hydroxylation sites is 1. The Labute approximate surface area is 128 Å². The lowest BCUT2D eigenvalue weighted by atomic mass is 10.1. The van der Waals surface area contributed by atoms with E-state index in [1.54, 1.807) is 14.2 Å². The summed E-state index contributed by atoms with van der Waals surface area (Å²) in [5, 5.41) is 14.3. The van der Waals surface area contributed by atoms with Gasteiger partial charge in [0, 0.05) is 11.9 Å². The number of hydrogen-bond donors (Lipinski definition) is 2. The van der Waals surface area contributed by atoms with Gasteiger partial charge in [0.05, 0.1) is 37.4 Å². The van der Waals surface area contributed by atoms with Crippen molar-refractivity contribution in [3.8, 4) is 11.5 Å². The molecule has 5 nitrogen and oxygen atoms in total. The fraction of sp³-hybridized carbons (Fsp3) is 0.235. The van der Waals surface area contributed by atoms with E-state index in [2.05, 4.69) is 5.32 Å². The topological polar surface area (TPSA) is 63.6 Å². The summed E-state index contributed by atoms with van der Waals surface area (Å²) >= 11 is 0. The quantitative estimate of drug-likeness (QED) is 0.709. The molecule has 3 rings (SSSR count). The number of methoxy groups -OCH3 is 2. The summed E-state index contributed by atoms with van der Waals surface area (Å²) in [7, 11) is 3.26. The normalized spacial score (nSPS) is 10.9. The monoisotopic (exact) mass is 298 g/mol. The molecule has 2 N–H and O–H groups in total. The minimum absolute atomic E-state index is 0.0461. The summed E-state index contributed by atoms with van der Waals surface area (Å²) in [4.78, 5) is 4.72. The SMILES string of the molecule is COc1ccc(OC)c2c(NCCO)c3ccccc3nc12. The number of aromatic nitrogens is 1. The van der Waals surface area contributed by atoms with Crippen LogP contribution in [-0.2, 0) is 0 Å². The van der Waals surface area contributed by atoms with Gasteiger partial charge in [0.1, 0.15) is 17.0 Å². The van der Waals surface area contributed by atoms with E-state index in [0.29, 0.717) is 12.3 Å². The fourth-order valence-electron chi connectivity index (χ4n) is 2.64. The van der Waals surface area contributed by atoms with Crippen LogP contribution >= 0.6 is 0 Å². The van der Waals surface area contributed by atoms with E-state index in [1.165, 1.54) is 0 Å². The number of benzene rings is 2. The van der Waals surface area contributed by atoms with E-state index in [9.17, 15) is 0 Å². The number of fused-ring (bicyclic) bond motifs is 2. The second kappa shape index (κ2) is 6.07. The van der Waals surface area contributed by atoms with E-state index in [4.69, 9.17) is 19.6 Å². The van der Waals surface area contributed by atoms with Gasteiger partial charge in [-0.05, 0) is 18.2 Å². The third-order valence-electron chi connectivity index (χ3n) is 3.61. The number of anilines is 1. The van der Waals surface area contributed by atoms with Crippen LogP contribution in [0.15, 0.2) is 36.4 Å². The highest BCUT2D eigenvalue weighted by atomic mass is 16.5. The van der Waals surface area contributed by atoms with Gasteiger partial charge in [-0.3, -0.25) is 0 Å². The molecule has 2 aromatic carbocycles. The fourth-order valence-corrected chi connectivity index (χ4v) is 2.64. The molecule has 0 aliphatic heterocycles. The highest BCUT2D eigenvalue weighted by Gasteiger charge is 2.16. The largest absolute Gasteiger partial charge is 0.496 e. The zero-order chi connectivity index (χ0) is 15.5. The number of ether oxygens (including phenoxy) is 2. The van der Waals surface area contributed by atoms with Gasteiger partial charge in [-0.1, -0.05) is 18.2 Å². The number of aliphatic hydroxyl groups is 1. The number of hydrogen-bond acceptors (Lipinski definition) is 5. The Morgan fingerprint density at radius 3 is 2.50 bits per heavy atom. The maximum atomic E-state index is 9.16. The van der Waals surface area contributed by atoms with Crippen molar-refractivity contribution in [2.45, 2.75) is 0 Å². The lowest BCUT2D eigenvalue weighted by Gasteiger charge is -2.16. The van der Waals surface area contributed by atoms with E-state index in [1.807, 2.05) is 36.4 Å². The van der Waals surface area contributed by atoms with Crippen LogP contribution < -0.4 is 14.8 Å². The summed E-state index contributed by atoms with van der Waals surface area (Å²) in [6, 6.07) is 11.6. The molecule has 0 unspecified atom stereocenters. The van der Waals surface area contributed by atoms with Gasteiger partial charge in [-0.25, -0.2) is 4.98 Å². The molecule has 0 radical (unpaired) electrons. The number of pyridine rings is 1. The minimum atomic E-state index is 0.0461. The Morgan fingerprint density at radius 2 is 1.77 bits per heavy atom. The van der Waals surface area contributed by atoms with E-state index in [-0.39, 0.29) is 6.61 Å². The molecule has 1 aromatic heterocycles. The summed E-state index contributed by atoms with van der Waals surface area (Å²) in [6.45, 7) is 0.494. The number of nitrogens with one attached hydrogen (secondary N) is 1. The van der Waals surface area contributed by atoms with Crippen molar-refractivity contribution >= 4 is 27.5 Å². The molecule has 0 saturated carbocycles. The lowest BCUT2D eigenvalue weighted by Crippen LogP contribution is -2.07. The zero-order valence-corrected chi connectivity index (χ0v) is 12.6. The van der Waals surface area contributed by atoms with Crippen molar-refractivity contribution in [3.63, 3.8) is 0 Å². The maximum Gasteiger partial charge on any atom is 0.145 e. The Bertz CT molecular complexity index is 818. The predicted octanol–water partition coefficient (Wildman–Crippen LogP) is 2.81. The van der Waals surface area contributed by atoms with E-state index < -0.39 is 0 Å². The molecule has 0 aliphatic rings. The van der Waals surface area contributed by atoms with Gasteiger partial charge in [0.15, 0.2) is 0 Å². The molecule has 0 aliphatic carbocycles. The first kappa shape index (κ1) is 14.4. The molecular weight excluding hydrogens is 280 g/mol. The molecule has 5 heteroatoms. The van der Waals surface area contributed by atoms with Crippen LogP contribution in [0.4, 0.5) is 5.69 Å². The van der Waals surface area contributed by atoms with Crippen molar-refractivity contribution in [2.24, 2.45) is 0 Å². The molecular formula is C17H18N2O3. The molecule has 3 aromatic rings. The number of rotatable bonds is 5. The average molecular weight is 298 g/mol. The molecule has 114 valence electrons. The molecule has 0 atom stereocenters. The number of aliphatic hydroxyl groups excluding tert-OH is 1. The van der Waals surface area contributed by atoms with Crippen LogP contribution in [-0.4, -0.2) is 37.5 Å². The first-order valence-electron chi connectivity index (χ1n) is 7.08. The predicted molar refractivity (Wildman–Crippen MR) is 87.9 cm³/mol. The van der Waals surface area contributed by atoms with Gasteiger partial charge in [0.25, 0.3) is 0 Å². The summed E-state index contributed by atoms with van der Waals surface area (Å²) in [6.07, 6.45) is 0. The van der Waals surface area contributed by atoms with Crippen LogP contribution in [0, 0.1) is 0 Å². The third kappa shape index (κ3) is 2.29. The van der Waals surface area contributed by atoms with Crippen LogP contribution in [0.3, 0.4) is 0 Å². The first-order chi connectivity index (χ1) is 10.8. The third-order valence-corrected chi connectivity index (χ3v) is 3.61. The minimum Gasteiger partial charge on any atom is -0.496 e. The molecule has 1 heterocycles. The van der Waals surface area contributed by atoms with Gasteiger partial charge < -0.3 is 19.9 Å². The van der Waals surface area contributed by atoms with Gasteiger partial charge in [-0.2, -0.15) is 0 Å². The van der Waals surface area contributed by atoms with E-state index >= 15 is 0 Å². The molecule has 0 fully saturated rings. The van der Waals surface area contributed by atoms with Crippen molar-refractivity contribution < 1.29 is 14.6 Å². The van der Waals surface area contributed by atoms with Crippen molar-refractivity contribution in [3.05, 3.63) is 36.4 Å². The van der Waals surface area contributed by atoms with Crippen LogP contribution in [0.25, 0.3) is 21.8 Å². The average Bonchev–Trinajstić information content (AvgIpc) is 2.57. The summed E-state index contributed by atoms with van der Waals surface area (Å²) in [5.74, 6) is 1.41. The molecule has 0 saturated heterocycles. The zero-order valence-electron chi connectivity index (χ0n) is 12.6. The van der Waals surface area contributed by atoms with Crippen molar-refractivity contribution in [2.75, 3.05) is 32.7 Å². The molecule has 22 heavy (non-hydrogen) atoms. The van der Waals surface area contributed by atoms with Crippen molar-refractivity contribution in [1.82, 2.24) is 4.98 Å². The summed E-state index contributed by atoms with van der Waals surface area (Å²) in [5.41, 5.74) is 2.49. The standard InChI is InChI=1S/C17H18N2O3/c1-21-13-7-8-14(22-2)17-15(13)16(18-9-10-20)11-5-3-4-6-12(11)19-17/h3-8,20H,9-10H2,1-2H3,(H,18,19). The Kier molecular flexibility index (Phi) is 3.98. The number of nitrogens with zero attached hydrogens (tertiary/aromatic N) is 1. The molecule has 0 spiro atoms. The molecule has 0 bridgehead atoms. The summed E-state index contributed by atoms with van der Waals surface area (Å²) < 4.78 is 10.9. The first-order valence-corrected chi connectivity index (χ1v) is 7.08. The van der Waals surface area contributed by atoms with Gasteiger partial charge in [0.2, 0.25) is 0 Å². The highest BCUT2D eigenvalue weighted by molar-refractivity contribution is 6.11. The van der Waals surface area contributed by atoms with Gasteiger partial charge in [-0.15, -0.1) is 0 Å². The molecule has 0 amide bonds. The van der Waals surface area contributed by atoms with Crippen LogP contribution in [0.1, 0.15) is 0 Å². The maximum absolute atomic E-state index is 9.16. The van der Waals surface area contributed by atoms with Gasteiger partial charge >= 0.3 is 0 Å². The Balaban J connectivity index is 2.44. The van der Waals surface area contributed by atoms with Crippen LogP contribution in [0.5, 0.6) is 11.5 Å². The Morgan fingerprint density at radius 1 is 1.05 bits per heavy atom. The highest BCUT2D eigenvalue weighted by Crippen LogP contribution is 2.40.